The lowest BCUT2D eigenvalue weighted by Crippen LogP contribution is -2.16. The van der Waals surface area contributed by atoms with Gasteiger partial charge < -0.3 is 10.1 Å². The van der Waals surface area contributed by atoms with Gasteiger partial charge in [0.05, 0.1) is 12.7 Å². The van der Waals surface area contributed by atoms with Crippen molar-refractivity contribution in [2.45, 2.75) is 32.6 Å². The molecule has 0 fully saturated rings. The zero-order valence-electron chi connectivity index (χ0n) is 14.2. The molecule has 3 rings (SSSR count). The summed E-state index contributed by atoms with van der Waals surface area (Å²) < 4.78 is 5.88. The summed E-state index contributed by atoms with van der Waals surface area (Å²) in [5.41, 5.74) is 2.13. The summed E-state index contributed by atoms with van der Waals surface area (Å²) >= 11 is 4.87. The summed E-state index contributed by atoms with van der Waals surface area (Å²) in [4.78, 5) is 26.1. The maximum atomic E-state index is 12.6. The number of anilines is 1. The van der Waals surface area contributed by atoms with Gasteiger partial charge >= 0.3 is 5.97 Å². The SMILES string of the molecule is CC[C@H]1CCc2c(sc(NC(=O)c3ccc(Br)cc3)c2C(=O)OC)C1. The standard InChI is InChI=1S/C19H20BrNO3S/c1-3-11-4-9-14-15(10-11)25-18(16(14)19(23)24-2)21-17(22)12-5-7-13(20)8-6-12/h5-8,11H,3-4,9-10H2,1-2H3,(H,21,22)/t11-/m0/s1. The molecule has 2 aromatic rings. The summed E-state index contributed by atoms with van der Waals surface area (Å²) in [7, 11) is 1.38. The van der Waals surface area contributed by atoms with Crippen molar-refractivity contribution in [2.75, 3.05) is 12.4 Å². The van der Waals surface area contributed by atoms with Gasteiger partial charge in [0.1, 0.15) is 5.00 Å². The Bertz CT molecular complexity index is 798. The molecular formula is C19H20BrNO3S. The number of carbonyl (C=O) groups excluding carboxylic acids is 2. The summed E-state index contributed by atoms with van der Waals surface area (Å²) in [5.74, 6) is 0.0496. The molecule has 1 aromatic carbocycles. The number of carbonyl (C=O) groups is 2. The maximum absolute atomic E-state index is 12.6. The highest BCUT2D eigenvalue weighted by Gasteiger charge is 2.29. The van der Waals surface area contributed by atoms with Crippen LogP contribution in [0.25, 0.3) is 0 Å². The number of hydrogen-bond donors (Lipinski definition) is 1. The molecule has 25 heavy (non-hydrogen) atoms. The van der Waals surface area contributed by atoms with Crippen LogP contribution in [0, 0.1) is 5.92 Å². The first-order valence-electron chi connectivity index (χ1n) is 8.33. The molecule has 132 valence electrons. The van der Waals surface area contributed by atoms with Gasteiger partial charge in [-0.2, -0.15) is 0 Å². The molecule has 4 nitrogen and oxygen atoms in total. The van der Waals surface area contributed by atoms with E-state index in [-0.39, 0.29) is 11.9 Å². The number of esters is 1. The van der Waals surface area contributed by atoms with E-state index in [1.807, 2.05) is 12.1 Å². The van der Waals surface area contributed by atoms with Crippen LogP contribution in [0.3, 0.4) is 0 Å². The Morgan fingerprint density at radius 3 is 2.68 bits per heavy atom. The van der Waals surface area contributed by atoms with Crippen LogP contribution in [-0.2, 0) is 17.6 Å². The molecule has 1 aromatic heterocycles. The quantitative estimate of drug-likeness (QED) is 0.701. The molecule has 6 heteroatoms. The first kappa shape index (κ1) is 18.1. The molecule has 1 N–H and O–H groups in total. The van der Waals surface area contributed by atoms with Crippen molar-refractivity contribution in [3.8, 4) is 0 Å². The molecule has 1 aliphatic rings. The average molecular weight is 422 g/mol. The van der Waals surface area contributed by atoms with Crippen molar-refractivity contribution in [1.29, 1.82) is 0 Å². The molecule has 0 bridgehead atoms. The first-order chi connectivity index (χ1) is 12.0. The summed E-state index contributed by atoms with van der Waals surface area (Å²) in [6.07, 6.45) is 4.04. The van der Waals surface area contributed by atoms with Crippen LogP contribution in [0.1, 0.15) is 50.9 Å². The van der Waals surface area contributed by atoms with Crippen molar-refractivity contribution >= 4 is 44.1 Å². The van der Waals surface area contributed by atoms with Crippen LogP contribution in [-0.4, -0.2) is 19.0 Å². The van der Waals surface area contributed by atoms with Gasteiger partial charge in [-0.1, -0.05) is 29.3 Å². The fourth-order valence-electron chi connectivity index (χ4n) is 3.19. The minimum atomic E-state index is -0.376. The number of thiophene rings is 1. The molecule has 0 saturated carbocycles. The number of halogens is 1. The van der Waals surface area contributed by atoms with Crippen molar-refractivity contribution < 1.29 is 14.3 Å². The Morgan fingerprint density at radius 2 is 2.04 bits per heavy atom. The zero-order chi connectivity index (χ0) is 18.0. The van der Waals surface area contributed by atoms with E-state index >= 15 is 0 Å². The number of fused-ring (bicyclic) bond motifs is 1. The third-order valence-corrected chi connectivity index (χ3v) is 6.37. The van der Waals surface area contributed by atoms with Gasteiger partial charge in [0.15, 0.2) is 0 Å². The van der Waals surface area contributed by atoms with Crippen molar-refractivity contribution in [3.05, 3.63) is 50.3 Å². The van der Waals surface area contributed by atoms with Crippen molar-refractivity contribution in [3.63, 3.8) is 0 Å². The second-order valence-corrected chi connectivity index (χ2v) is 8.20. The number of benzene rings is 1. The molecule has 0 radical (unpaired) electrons. The Morgan fingerprint density at radius 1 is 1.32 bits per heavy atom. The van der Waals surface area contributed by atoms with Gasteiger partial charge in [-0.15, -0.1) is 11.3 Å². The second-order valence-electron chi connectivity index (χ2n) is 6.18. The zero-order valence-corrected chi connectivity index (χ0v) is 16.6. The minimum absolute atomic E-state index is 0.219. The van der Waals surface area contributed by atoms with E-state index < -0.39 is 0 Å². The molecule has 0 unspecified atom stereocenters. The average Bonchev–Trinajstić information content (AvgIpc) is 2.98. The number of nitrogens with one attached hydrogen (secondary N) is 1. The van der Waals surface area contributed by atoms with Gasteiger partial charge in [0.25, 0.3) is 5.91 Å². The van der Waals surface area contributed by atoms with E-state index in [1.54, 1.807) is 12.1 Å². The Balaban J connectivity index is 1.92. The monoisotopic (exact) mass is 421 g/mol. The van der Waals surface area contributed by atoms with Gasteiger partial charge in [0, 0.05) is 14.9 Å². The topological polar surface area (TPSA) is 55.4 Å². The van der Waals surface area contributed by atoms with Crippen molar-refractivity contribution in [2.24, 2.45) is 5.92 Å². The third-order valence-electron chi connectivity index (χ3n) is 4.67. The van der Waals surface area contributed by atoms with Crippen LogP contribution in [0.4, 0.5) is 5.00 Å². The van der Waals surface area contributed by atoms with E-state index in [0.717, 1.165) is 35.7 Å². The fraction of sp³-hybridized carbons (Fsp3) is 0.368. The predicted molar refractivity (Wildman–Crippen MR) is 104 cm³/mol. The van der Waals surface area contributed by atoms with E-state index in [1.165, 1.54) is 23.3 Å². The summed E-state index contributed by atoms with van der Waals surface area (Å²) in [6.45, 7) is 2.20. The lowest BCUT2D eigenvalue weighted by molar-refractivity contribution is 0.0601. The van der Waals surface area contributed by atoms with Gasteiger partial charge in [-0.05, 0) is 55.0 Å². The maximum Gasteiger partial charge on any atom is 0.341 e. The van der Waals surface area contributed by atoms with Gasteiger partial charge in [0.2, 0.25) is 0 Å². The highest BCUT2D eigenvalue weighted by atomic mass is 79.9. The van der Waals surface area contributed by atoms with Crippen LogP contribution in [0.2, 0.25) is 0 Å². The molecule has 1 aliphatic carbocycles. The second kappa shape index (κ2) is 7.70. The van der Waals surface area contributed by atoms with Gasteiger partial charge in [-0.25, -0.2) is 4.79 Å². The highest BCUT2D eigenvalue weighted by Crippen LogP contribution is 2.40. The number of rotatable bonds is 4. The molecular weight excluding hydrogens is 402 g/mol. The van der Waals surface area contributed by atoms with E-state index in [9.17, 15) is 9.59 Å². The fourth-order valence-corrected chi connectivity index (χ4v) is 4.79. The molecule has 0 spiro atoms. The predicted octanol–water partition coefficient (Wildman–Crippen LogP) is 5.06. The number of amides is 1. The third kappa shape index (κ3) is 3.80. The van der Waals surface area contributed by atoms with E-state index in [2.05, 4.69) is 28.2 Å². The minimum Gasteiger partial charge on any atom is -0.465 e. The number of ether oxygens (including phenoxy) is 1. The smallest absolute Gasteiger partial charge is 0.341 e. The van der Waals surface area contributed by atoms with Crippen LogP contribution >= 0.6 is 27.3 Å². The summed E-state index contributed by atoms with van der Waals surface area (Å²) in [5, 5.41) is 3.51. The number of hydrogen-bond acceptors (Lipinski definition) is 4. The largest absolute Gasteiger partial charge is 0.465 e. The molecule has 0 aliphatic heterocycles. The van der Waals surface area contributed by atoms with Crippen molar-refractivity contribution in [1.82, 2.24) is 0 Å². The van der Waals surface area contributed by atoms with Crippen LogP contribution < -0.4 is 5.32 Å². The molecule has 0 saturated heterocycles. The normalized spacial score (nSPS) is 16.2. The summed E-state index contributed by atoms with van der Waals surface area (Å²) in [6, 6.07) is 7.14. The van der Waals surface area contributed by atoms with E-state index in [0.29, 0.717) is 22.0 Å². The Labute approximate surface area is 159 Å². The Hall–Kier alpha value is -1.66. The van der Waals surface area contributed by atoms with E-state index in [4.69, 9.17) is 4.74 Å². The molecule has 1 atom stereocenters. The van der Waals surface area contributed by atoms with Gasteiger partial charge in [-0.3, -0.25) is 4.79 Å². The van der Waals surface area contributed by atoms with Crippen LogP contribution in [0.5, 0.6) is 0 Å². The lowest BCUT2D eigenvalue weighted by atomic mass is 9.85. The van der Waals surface area contributed by atoms with Crippen LogP contribution in [0.15, 0.2) is 28.7 Å². The lowest BCUT2D eigenvalue weighted by Gasteiger charge is -2.20. The Kier molecular flexibility index (Phi) is 5.59. The number of methoxy groups -OCH3 is 1. The first-order valence-corrected chi connectivity index (χ1v) is 9.94. The highest BCUT2D eigenvalue weighted by molar-refractivity contribution is 9.10. The molecule has 1 amide bonds. The molecule has 1 heterocycles.